The molecule has 0 aliphatic heterocycles. The van der Waals surface area contributed by atoms with Gasteiger partial charge in [0.1, 0.15) is 5.69 Å². The number of imidazole rings is 1. The van der Waals surface area contributed by atoms with Crippen molar-refractivity contribution in [2.75, 3.05) is 10.6 Å². The molecule has 35 heavy (non-hydrogen) atoms. The molecule has 2 aromatic heterocycles. The monoisotopic (exact) mass is 464 g/mol. The molecule has 2 amide bonds. The molecule has 0 aliphatic rings. The summed E-state index contributed by atoms with van der Waals surface area (Å²) in [6.07, 6.45) is 3.60. The van der Waals surface area contributed by atoms with Crippen LogP contribution in [0.15, 0.2) is 89.8 Å². The highest BCUT2D eigenvalue weighted by molar-refractivity contribution is 5.99. The standard InChI is InChI=1S/C27H24N6O2/c1-18-6-5-8-22(14-18)30-27(34)29-21-12-10-20(11-13-21)15-33-16-24(28-17-33)26-31-25(32-35-26)23-9-4-3-7-19(23)2/h3-14,16-17H,15H2,1-2H3,(H2,29,30,34). The van der Waals surface area contributed by atoms with Gasteiger partial charge in [0.05, 0.1) is 6.33 Å². The molecule has 0 radical (unpaired) electrons. The molecular formula is C27H24N6O2. The number of amides is 2. The van der Waals surface area contributed by atoms with Crippen molar-refractivity contribution in [2.24, 2.45) is 0 Å². The van der Waals surface area contributed by atoms with Crippen LogP contribution in [0.4, 0.5) is 16.2 Å². The predicted octanol–water partition coefficient (Wildman–Crippen LogP) is 5.91. The third kappa shape index (κ3) is 5.27. The molecule has 0 atom stereocenters. The van der Waals surface area contributed by atoms with Crippen LogP contribution in [0.5, 0.6) is 0 Å². The molecule has 2 N–H and O–H groups in total. The molecule has 2 heterocycles. The number of carbonyl (C=O) groups is 1. The normalized spacial score (nSPS) is 10.8. The van der Waals surface area contributed by atoms with Crippen LogP contribution >= 0.6 is 0 Å². The number of hydrogen-bond donors (Lipinski definition) is 2. The van der Waals surface area contributed by atoms with Crippen molar-refractivity contribution in [2.45, 2.75) is 20.4 Å². The van der Waals surface area contributed by atoms with Gasteiger partial charge >= 0.3 is 6.03 Å². The Morgan fingerprint density at radius 1 is 0.943 bits per heavy atom. The van der Waals surface area contributed by atoms with E-state index >= 15 is 0 Å². The molecule has 0 saturated carbocycles. The lowest BCUT2D eigenvalue weighted by Gasteiger charge is -2.09. The van der Waals surface area contributed by atoms with E-state index in [0.717, 1.165) is 27.9 Å². The summed E-state index contributed by atoms with van der Waals surface area (Å²) in [4.78, 5) is 21.2. The van der Waals surface area contributed by atoms with Crippen molar-refractivity contribution in [1.29, 1.82) is 0 Å². The van der Waals surface area contributed by atoms with Gasteiger partial charge in [0.25, 0.3) is 5.89 Å². The molecule has 5 rings (SSSR count). The van der Waals surface area contributed by atoms with Crippen molar-refractivity contribution in [1.82, 2.24) is 19.7 Å². The molecule has 0 spiro atoms. The maximum atomic E-state index is 12.3. The summed E-state index contributed by atoms with van der Waals surface area (Å²) >= 11 is 0. The molecule has 0 saturated heterocycles. The molecule has 0 bridgehead atoms. The molecule has 174 valence electrons. The Labute approximate surface area is 202 Å². The first-order chi connectivity index (χ1) is 17.0. The minimum absolute atomic E-state index is 0.285. The van der Waals surface area contributed by atoms with E-state index in [4.69, 9.17) is 4.52 Å². The summed E-state index contributed by atoms with van der Waals surface area (Å²) in [6.45, 7) is 4.61. The van der Waals surface area contributed by atoms with Gasteiger partial charge < -0.3 is 19.7 Å². The fraction of sp³-hybridized carbons (Fsp3) is 0.111. The van der Waals surface area contributed by atoms with E-state index in [2.05, 4.69) is 25.8 Å². The lowest BCUT2D eigenvalue weighted by atomic mass is 10.1. The van der Waals surface area contributed by atoms with Crippen LogP contribution in [0.25, 0.3) is 23.0 Å². The summed E-state index contributed by atoms with van der Waals surface area (Å²) in [5, 5.41) is 9.79. The Balaban J connectivity index is 1.21. The summed E-state index contributed by atoms with van der Waals surface area (Å²) in [5.41, 5.74) is 6.23. The molecule has 8 nitrogen and oxygen atoms in total. The number of aryl methyl sites for hydroxylation is 2. The van der Waals surface area contributed by atoms with Crippen LogP contribution in [0.3, 0.4) is 0 Å². The van der Waals surface area contributed by atoms with Crippen molar-refractivity contribution < 1.29 is 9.32 Å². The van der Waals surface area contributed by atoms with Crippen molar-refractivity contribution in [3.8, 4) is 23.0 Å². The highest BCUT2D eigenvalue weighted by Gasteiger charge is 2.14. The highest BCUT2D eigenvalue weighted by atomic mass is 16.5. The van der Waals surface area contributed by atoms with E-state index in [-0.39, 0.29) is 6.03 Å². The van der Waals surface area contributed by atoms with E-state index in [1.165, 1.54) is 0 Å². The van der Waals surface area contributed by atoms with Gasteiger partial charge in [-0.2, -0.15) is 4.98 Å². The fourth-order valence-corrected chi connectivity index (χ4v) is 3.74. The topological polar surface area (TPSA) is 97.9 Å². The fourth-order valence-electron chi connectivity index (χ4n) is 3.74. The first kappa shape index (κ1) is 22.1. The lowest BCUT2D eigenvalue weighted by Crippen LogP contribution is -2.19. The summed E-state index contributed by atoms with van der Waals surface area (Å²) in [5.74, 6) is 0.920. The number of nitrogens with zero attached hydrogens (tertiary/aromatic N) is 4. The highest BCUT2D eigenvalue weighted by Crippen LogP contribution is 2.23. The zero-order valence-corrected chi connectivity index (χ0v) is 19.4. The van der Waals surface area contributed by atoms with Crippen molar-refractivity contribution >= 4 is 17.4 Å². The lowest BCUT2D eigenvalue weighted by molar-refractivity contribution is 0.262. The van der Waals surface area contributed by atoms with Crippen LogP contribution in [-0.4, -0.2) is 25.7 Å². The van der Waals surface area contributed by atoms with Gasteiger partial charge in [0.15, 0.2) is 0 Å². The smallest absolute Gasteiger partial charge is 0.323 e. The Kier molecular flexibility index (Phi) is 6.09. The molecular weight excluding hydrogens is 440 g/mol. The Morgan fingerprint density at radius 3 is 2.54 bits per heavy atom. The Morgan fingerprint density at radius 2 is 1.74 bits per heavy atom. The van der Waals surface area contributed by atoms with Crippen LogP contribution < -0.4 is 10.6 Å². The average Bonchev–Trinajstić information content (AvgIpc) is 3.50. The number of urea groups is 1. The molecule has 0 fully saturated rings. The molecule has 0 unspecified atom stereocenters. The average molecular weight is 465 g/mol. The van der Waals surface area contributed by atoms with Gasteiger partial charge in [-0.1, -0.05) is 53.7 Å². The summed E-state index contributed by atoms with van der Waals surface area (Å²) in [7, 11) is 0. The van der Waals surface area contributed by atoms with E-state index < -0.39 is 0 Å². The number of nitrogens with one attached hydrogen (secondary N) is 2. The van der Waals surface area contributed by atoms with E-state index in [1.807, 2.05) is 97.4 Å². The van der Waals surface area contributed by atoms with Crippen LogP contribution in [-0.2, 0) is 6.54 Å². The van der Waals surface area contributed by atoms with Gasteiger partial charge in [-0.05, 0) is 54.8 Å². The third-order valence-corrected chi connectivity index (χ3v) is 5.52. The maximum absolute atomic E-state index is 12.3. The van der Waals surface area contributed by atoms with Crippen LogP contribution in [0.2, 0.25) is 0 Å². The second-order valence-corrected chi connectivity index (χ2v) is 8.31. The number of carbonyl (C=O) groups excluding carboxylic acids is 1. The SMILES string of the molecule is Cc1cccc(NC(=O)Nc2ccc(Cn3cnc(-c4nc(-c5ccccc5C)no4)c3)cc2)c1. The largest absolute Gasteiger partial charge is 0.332 e. The van der Waals surface area contributed by atoms with E-state index in [0.29, 0.717) is 29.6 Å². The number of aromatic nitrogens is 4. The second kappa shape index (κ2) is 9.64. The molecule has 5 aromatic rings. The zero-order chi connectivity index (χ0) is 24.2. The first-order valence-corrected chi connectivity index (χ1v) is 11.2. The zero-order valence-electron chi connectivity index (χ0n) is 19.4. The Bertz CT molecular complexity index is 1470. The number of rotatable bonds is 6. The second-order valence-electron chi connectivity index (χ2n) is 8.31. The van der Waals surface area contributed by atoms with Gasteiger partial charge in [0.2, 0.25) is 5.82 Å². The quantitative estimate of drug-likeness (QED) is 0.326. The van der Waals surface area contributed by atoms with Gasteiger partial charge in [-0.3, -0.25) is 0 Å². The molecule has 8 heteroatoms. The van der Waals surface area contributed by atoms with Crippen LogP contribution in [0.1, 0.15) is 16.7 Å². The van der Waals surface area contributed by atoms with E-state index in [9.17, 15) is 4.79 Å². The van der Waals surface area contributed by atoms with Crippen LogP contribution in [0, 0.1) is 13.8 Å². The van der Waals surface area contributed by atoms with Gasteiger partial charge in [0, 0.05) is 29.7 Å². The third-order valence-electron chi connectivity index (χ3n) is 5.52. The minimum Gasteiger partial charge on any atom is -0.332 e. The first-order valence-electron chi connectivity index (χ1n) is 11.2. The van der Waals surface area contributed by atoms with Crippen molar-refractivity contribution in [3.05, 3.63) is 102 Å². The van der Waals surface area contributed by atoms with Crippen molar-refractivity contribution in [3.63, 3.8) is 0 Å². The number of hydrogen-bond acceptors (Lipinski definition) is 5. The molecule has 3 aromatic carbocycles. The predicted molar refractivity (Wildman–Crippen MR) is 135 cm³/mol. The number of benzene rings is 3. The van der Waals surface area contributed by atoms with Gasteiger partial charge in [-0.15, -0.1) is 0 Å². The summed E-state index contributed by atoms with van der Waals surface area (Å²) < 4.78 is 7.39. The maximum Gasteiger partial charge on any atom is 0.323 e. The molecule has 0 aliphatic carbocycles. The number of anilines is 2. The summed E-state index contributed by atoms with van der Waals surface area (Å²) in [6, 6.07) is 22.9. The van der Waals surface area contributed by atoms with E-state index in [1.54, 1.807) is 6.33 Å². The minimum atomic E-state index is -0.285. The Hall–Kier alpha value is -4.72. The van der Waals surface area contributed by atoms with Gasteiger partial charge in [-0.25, -0.2) is 9.78 Å².